The van der Waals surface area contributed by atoms with Gasteiger partial charge in [0.15, 0.2) is 5.69 Å². The first-order valence-corrected chi connectivity index (χ1v) is 6.11. The summed E-state index contributed by atoms with van der Waals surface area (Å²) in [6, 6.07) is 5.57. The van der Waals surface area contributed by atoms with Crippen LogP contribution in [0.3, 0.4) is 0 Å². The van der Waals surface area contributed by atoms with Crippen LogP contribution in [0, 0.1) is 0 Å². The number of pyridine rings is 1. The lowest BCUT2D eigenvalue weighted by atomic mass is 10.2. The Hall–Kier alpha value is -2.50. The largest absolute Gasteiger partial charge is 0.360 e. The van der Waals surface area contributed by atoms with Crippen LogP contribution >= 0.6 is 0 Å². The van der Waals surface area contributed by atoms with Crippen LogP contribution in [0.2, 0.25) is 0 Å². The summed E-state index contributed by atoms with van der Waals surface area (Å²) in [5.41, 5.74) is 1.40. The summed E-state index contributed by atoms with van der Waals surface area (Å²) in [5, 5.41) is 7.89. The maximum absolute atomic E-state index is 5.27. The van der Waals surface area contributed by atoms with Gasteiger partial charge in [0.05, 0.1) is 0 Å². The zero-order chi connectivity index (χ0) is 12.7. The van der Waals surface area contributed by atoms with Crippen molar-refractivity contribution in [3.8, 4) is 23.0 Å². The summed E-state index contributed by atoms with van der Waals surface area (Å²) < 4.78 is 10.5. The Morgan fingerprint density at radius 1 is 1.16 bits per heavy atom. The average Bonchev–Trinajstić information content (AvgIpc) is 3.01. The number of aromatic nitrogens is 4. The lowest BCUT2D eigenvalue weighted by Crippen LogP contribution is -1.81. The van der Waals surface area contributed by atoms with Gasteiger partial charge in [0.25, 0.3) is 5.89 Å². The normalized spacial score (nSPS) is 14.7. The Morgan fingerprint density at radius 2 is 2.11 bits per heavy atom. The van der Waals surface area contributed by atoms with Crippen LogP contribution in [0.15, 0.2) is 39.6 Å². The van der Waals surface area contributed by atoms with Crippen molar-refractivity contribution in [2.75, 3.05) is 0 Å². The monoisotopic (exact) mass is 254 g/mol. The second-order valence-corrected chi connectivity index (χ2v) is 4.55. The lowest BCUT2D eigenvalue weighted by molar-refractivity contribution is 0.379. The summed E-state index contributed by atoms with van der Waals surface area (Å²) >= 11 is 0. The van der Waals surface area contributed by atoms with E-state index < -0.39 is 0 Å². The molecule has 0 bridgehead atoms. The average molecular weight is 254 g/mol. The van der Waals surface area contributed by atoms with Crippen LogP contribution in [-0.4, -0.2) is 20.3 Å². The Bertz CT molecular complexity index is 700. The van der Waals surface area contributed by atoms with Crippen molar-refractivity contribution in [3.63, 3.8) is 0 Å². The van der Waals surface area contributed by atoms with Crippen molar-refractivity contribution in [1.82, 2.24) is 20.3 Å². The minimum Gasteiger partial charge on any atom is -0.360 e. The maximum atomic E-state index is 5.27. The first kappa shape index (κ1) is 10.4. The predicted molar refractivity (Wildman–Crippen MR) is 65.0 cm³/mol. The Kier molecular flexibility index (Phi) is 2.20. The van der Waals surface area contributed by atoms with Gasteiger partial charge in [0.2, 0.25) is 5.82 Å². The van der Waals surface area contributed by atoms with E-state index in [1.165, 1.54) is 12.8 Å². The first-order valence-electron chi connectivity index (χ1n) is 6.11. The van der Waals surface area contributed by atoms with E-state index in [1.807, 2.05) is 18.2 Å². The summed E-state index contributed by atoms with van der Waals surface area (Å²) in [7, 11) is 0. The summed E-state index contributed by atoms with van der Waals surface area (Å²) in [5.74, 6) is 2.28. The molecular formula is C13H10N4O2. The van der Waals surface area contributed by atoms with Crippen molar-refractivity contribution in [3.05, 3.63) is 36.4 Å². The van der Waals surface area contributed by atoms with Crippen molar-refractivity contribution in [1.29, 1.82) is 0 Å². The molecule has 3 aromatic heterocycles. The van der Waals surface area contributed by atoms with Crippen LogP contribution in [-0.2, 0) is 0 Å². The molecule has 3 aromatic rings. The standard InChI is InChI=1S/C13H10N4O2/c1-2-9(7-14-5-1)12-15-13(19-17-12)10-6-11(18-16-10)8-3-4-8/h1-2,5-8H,3-4H2. The molecular weight excluding hydrogens is 244 g/mol. The number of rotatable bonds is 3. The van der Waals surface area contributed by atoms with E-state index in [0.29, 0.717) is 23.3 Å². The van der Waals surface area contributed by atoms with Crippen molar-refractivity contribution in [2.24, 2.45) is 0 Å². The molecule has 4 rings (SSSR count). The number of hydrogen-bond acceptors (Lipinski definition) is 6. The second kappa shape index (κ2) is 4.01. The van der Waals surface area contributed by atoms with Gasteiger partial charge in [-0.1, -0.05) is 10.3 Å². The molecule has 6 heteroatoms. The molecule has 1 aliphatic rings. The highest BCUT2D eigenvalue weighted by molar-refractivity contribution is 5.56. The van der Waals surface area contributed by atoms with E-state index >= 15 is 0 Å². The number of nitrogens with zero attached hydrogens (tertiary/aromatic N) is 4. The molecule has 94 valence electrons. The zero-order valence-corrected chi connectivity index (χ0v) is 9.98. The molecule has 0 atom stereocenters. The topological polar surface area (TPSA) is 77.8 Å². The van der Waals surface area contributed by atoms with E-state index in [9.17, 15) is 0 Å². The highest BCUT2D eigenvalue weighted by Gasteiger charge is 2.28. The van der Waals surface area contributed by atoms with Gasteiger partial charge < -0.3 is 9.05 Å². The Balaban J connectivity index is 1.66. The second-order valence-electron chi connectivity index (χ2n) is 4.55. The van der Waals surface area contributed by atoms with Crippen molar-refractivity contribution in [2.45, 2.75) is 18.8 Å². The third-order valence-electron chi connectivity index (χ3n) is 3.07. The summed E-state index contributed by atoms with van der Waals surface area (Å²) in [6.45, 7) is 0. The van der Waals surface area contributed by atoms with Gasteiger partial charge in [-0.3, -0.25) is 4.98 Å². The maximum Gasteiger partial charge on any atom is 0.280 e. The van der Waals surface area contributed by atoms with Gasteiger partial charge in [-0.25, -0.2) is 0 Å². The molecule has 6 nitrogen and oxygen atoms in total. The van der Waals surface area contributed by atoms with Gasteiger partial charge in [-0.2, -0.15) is 4.98 Å². The molecule has 1 aliphatic carbocycles. The molecule has 0 unspecified atom stereocenters. The first-order chi connectivity index (χ1) is 9.40. The molecule has 0 spiro atoms. The molecule has 1 saturated carbocycles. The van der Waals surface area contributed by atoms with Crippen LogP contribution in [0.1, 0.15) is 24.5 Å². The predicted octanol–water partition coefficient (Wildman–Crippen LogP) is 2.66. The SMILES string of the molecule is c1cncc(-c2noc(-c3cc(C4CC4)on3)n2)c1. The molecule has 0 aromatic carbocycles. The van der Waals surface area contributed by atoms with Crippen LogP contribution in [0.5, 0.6) is 0 Å². The molecule has 0 amide bonds. The van der Waals surface area contributed by atoms with Crippen LogP contribution in [0.25, 0.3) is 23.0 Å². The Morgan fingerprint density at radius 3 is 2.89 bits per heavy atom. The Labute approximate surface area is 108 Å². The highest BCUT2D eigenvalue weighted by atomic mass is 16.5. The van der Waals surface area contributed by atoms with Crippen LogP contribution < -0.4 is 0 Å². The minimum absolute atomic E-state index is 0.370. The fraction of sp³-hybridized carbons (Fsp3) is 0.231. The molecule has 0 N–H and O–H groups in total. The lowest BCUT2D eigenvalue weighted by Gasteiger charge is -1.89. The van der Waals surface area contributed by atoms with Crippen molar-refractivity contribution >= 4 is 0 Å². The molecule has 19 heavy (non-hydrogen) atoms. The smallest absolute Gasteiger partial charge is 0.280 e. The molecule has 1 fully saturated rings. The van der Waals surface area contributed by atoms with Gasteiger partial charge in [-0.05, 0) is 25.0 Å². The molecule has 0 aliphatic heterocycles. The summed E-state index contributed by atoms with van der Waals surface area (Å²) in [4.78, 5) is 8.33. The third kappa shape index (κ3) is 1.91. The molecule has 3 heterocycles. The third-order valence-corrected chi connectivity index (χ3v) is 3.07. The van der Waals surface area contributed by atoms with Gasteiger partial charge in [-0.15, -0.1) is 0 Å². The van der Waals surface area contributed by atoms with Gasteiger partial charge >= 0.3 is 0 Å². The molecule has 0 saturated heterocycles. The van der Waals surface area contributed by atoms with E-state index in [2.05, 4.69) is 20.3 Å². The van der Waals surface area contributed by atoms with E-state index in [4.69, 9.17) is 9.05 Å². The quantitative estimate of drug-likeness (QED) is 0.715. The van der Waals surface area contributed by atoms with E-state index in [0.717, 1.165) is 11.3 Å². The fourth-order valence-electron chi connectivity index (χ4n) is 1.89. The van der Waals surface area contributed by atoms with Crippen molar-refractivity contribution < 1.29 is 9.05 Å². The zero-order valence-electron chi connectivity index (χ0n) is 9.98. The summed E-state index contributed by atoms with van der Waals surface area (Å²) in [6.07, 6.45) is 5.72. The van der Waals surface area contributed by atoms with Crippen LogP contribution in [0.4, 0.5) is 0 Å². The van der Waals surface area contributed by atoms with Gasteiger partial charge in [0.1, 0.15) is 5.76 Å². The fourth-order valence-corrected chi connectivity index (χ4v) is 1.89. The minimum atomic E-state index is 0.370. The highest BCUT2D eigenvalue weighted by Crippen LogP contribution is 2.41. The van der Waals surface area contributed by atoms with E-state index in [1.54, 1.807) is 12.4 Å². The number of hydrogen-bond donors (Lipinski definition) is 0. The van der Waals surface area contributed by atoms with Gasteiger partial charge in [0, 0.05) is 29.9 Å². The molecule has 0 radical (unpaired) electrons. The van der Waals surface area contributed by atoms with E-state index in [-0.39, 0.29) is 0 Å².